The standard InChI is InChI=1S/C11H22N6O2/c1-4-16(9(2)8-19-3)5-6-17-7-10(14-15-17)11(18)13-12/h7,9H,4-6,8,12H2,1-3H3,(H,13,18). The van der Waals surface area contributed by atoms with Gasteiger partial charge in [0.05, 0.1) is 19.3 Å². The van der Waals surface area contributed by atoms with Gasteiger partial charge in [-0.2, -0.15) is 0 Å². The third kappa shape index (κ3) is 4.58. The Morgan fingerprint density at radius 2 is 2.42 bits per heavy atom. The summed E-state index contributed by atoms with van der Waals surface area (Å²) in [6.45, 7) is 7.30. The fourth-order valence-electron chi connectivity index (χ4n) is 1.85. The van der Waals surface area contributed by atoms with Crippen LogP contribution in [-0.4, -0.2) is 58.6 Å². The number of likely N-dealkylation sites (N-methyl/N-ethyl adjacent to an activating group) is 1. The van der Waals surface area contributed by atoms with Crippen LogP contribution in [0.2, 0.25) is 0 Å². The van der Waals surface area contributed by atoms with Crippen LogP contribution in [0.3, 0.4) is 0 Å². The maximum absolute atomic E-state index is 11.2. The van der Waals surface area contributed by atoms with Crippen molar-refractivity contribution in [2.45, 2.75) is 26.4 Å². The molecule has 1 atom stereocenters. The molecule has 8 nitrogen and oxygen atoms in total. The minimum absolute atomic E-state index is 0.218. The number of ether oxygens (including phenoxy) is 1. The first kappa shape index (κ1) is 15.5. The molecule has 0 fully saturated rings. The van der Waals surface area contributed by atoms with Crippen molar-refractivity contribution in [1.29, 1.82) is 0 Å². The summed E-state index contributed by atoms with van der Waals surface area (Å²) >= 11 is 0. The maximum atomic E-state index is 11.2. The summed E-state index contributed by atoms with van der Waals surface area (Å²) in [5.74, 6) is 4.59. The highest BCUT2D eigenvalue weighted by Crippen LogP contribution is 2.00. The molecule has 0 spiro atoms. The van der Waals surface area contributed by atoms with Crippen LogP contribution in [0.25, 0.3) is 0 Å². The lowest BCUT2D eigenvalue weighted by atomic mass is 10.3. The second kappa shape index (κ2) is 7.82. The van der Waals surface area contributed by atoms with Gasteiger partial charge in [0.1, 0.15) is 0 Å². The summed E-state index contributed by atoms with van der Waals surface area (Å²) in [4.78, 5) is 13.5. The van der Waals surface area contributed by atoms with Gasteiger partial charge in [0.25, 0.3) is 5.91 Å². The molecule has 0 aliphatic carbocycles. The first-order chi connectivity index (χ1) is 9.12. The van der Waals surface area contributed by atoms with E-state index < -0.39 is 5.91 Å². The topological polar surface area (TPSA) is 98.3 Å². The molecule has 1 rings (SSSR count). The van der Waals surface area contributed by atoms with E-state index in [1.165, 1.54) is 0 Å². The number of carbonyl (C=O) groups excluding carboxylic acids is 1. The highest BCUT2D eigenvalue weighted by atomic mass is 16.5. The van der Waals surface area contributed by atoms with Crippen molar-refractivity contribution in [1.82, 2.24) is 25.3 Å². The van der Waals surface area contributed by atoms with Crippen molar-refractivity contribution < 1.29 is 9.53 Å². The third-order valence-electron chi connectivity index (χ3n) is 2.96. The van der Waals surface area contributed by atoms with E-state index in [0.717, 1.165) is 13.1 Å². The van der Waals surface area contributed by atoms with Crippen molar-refractivity contribution in [3.05, 3.63) is 11.9 Å². The van der Waals surface area contributed by atoms with Gasteiger partial charge in [-0.25, -0.2) is 5.84 Å². The van der Waals surface area contributed by atoms with Crippen LogP contribution in [0.5, 0.6) is 0 Å². The Morgan fingerprint density at radius 1 is 1.68 bits per heavy atom. The number of aromatic nitrogens is 3. The predicted molar refractivity (Wildman–Crippen MR) is 70.3 cm³/mol. The second-order valence-electron chi connectivity index (χ2n) is 4.27. The van der Waals surface area contributed by atoms with Crippen LogP contribution in [0, 0.1) is 0 Å². The van der Waals surface area contributed by atoms with E-state index in [9.17, 15) is 4.79 Å². The molecule has 1 heterocycles. The Labute approximate surface area is 112 Å². The minimum Gasteiger partial charge on any atom is -0.383 e. The number of hydrogen-bond donors (Lipinski definition) is 2. The van der Waals surface area contributed by atoms with Crippen LogP contribution in [0.15, 0.2) is 6.20 Å². The van der Waals surface area contributed by atoms with Gasteiger partial charge in [0.15, 0.2) is 5.69 Å². The predicted octanol–water partition coefficient (Wildman–Crippen LogP) is -0.762. The van der Waals surface area contributed by atoms with Gasteiger partial charge >= 0.3 is 0 Å². The molecule has 0 aliphatic heterocycles. The molecule has 3 N–H and O–H groups in total. The van der Waals surface area contributed by atoms with Gasteiger partial charge in [0.2, 0.25) is 0 Å². The summed E-state index contributed by atoms with van der Waals surface area (Å²) < 4.78 is 6.78. The number of carbonyl (C=O) groups is 1. The zero-order valence-electron chi connectivity index (χ0n) is 11.7. The van der Waals surface area contributed by atoms with E-state index >= 15 is 0 Å². The van der Waals surface area contributed by atoms with E-state index in [4.69, 9.17) is 10.6 Å². The third-order valence-corrected chi connectivity index (χ3v) is 2.96. The average Bonchev–Trinajstić information content (AvgIpc) is 2.87. The van der Waals surface area contributed by atoms with Crippen molar-refractivity contribution in [3.8, 4) is 0 Å². The first-order valence-electron chi connectivity index (χ1n) is 6.26. The van der Waals surface area contributed by atoms with Crippen LogP contribution < -0.4 is 11.3 Å². The number of methoxy groups -OCH3 is 1. The molecule has 108 valence electrons. The molecule has 0 saturated heterocycles. The highest BCUT2D eigenvalue weighted by molar-refractivity contribution is 5.91. The van der Waals surface area contributed by atoms with Gasteiger partial charge in [-0.15, -0.1) is 5.10 Å². The van der Waals surface area contributed by atoms with Crippen LogP contribution >= 0.6 is 0 Å². The molecule has 0 aromatic carbocycles. The molecular weight excluding hydrogens is 248 g/mol. The highest BCUT2D eigenvalue weighted by Gasteiger charge is 2.13. The number of nitrogens with one attached hydrogen (secondary N) is 1. The van der Waals surface area contributed by atoms with E-state index in [0.29, 0.717) is 19.2 Å². The van der Waals surface area contributed by atoms with Gasteiger partial charge in [-0.05, 0) is 13.5 Å². The van der Waals surface area contributed by atoms with Crippen LogP contribution in [0.1, 0.15) is 24.3 Å². The lowest BCUT2D eigenvalue weighted by molar-refractivity contribution is 0.0948. The Morgan fingerprint density at radius 3 is 3.00 bits per heavy atom. The molecule has 19 heavy (non-hydrogen) atoms. The molecule has 1 amide bonds. The molecule has 0 radical (unpaired) electrons. The van der Waals surface area contributed by atoms with E-state index in [-0.39, 0.29) is 5.69 Å². The van der Waals surface area contributed by atoms with E-state index in [1.54, 1.807) is 18.0 Å². The normalized spacial score (nSPS) is 12.7. The molecule has 1 aromatic heterocycles. The van der Waals surface area contributed by atoms with Crippen LogP contribution in [0.4, 0.5) is 0 Å². The zero-order valence-corrected chi connectivity index (χ0v) is 11.7. The summed E-state index contributed by atoms with van der Waals surface area (Å²) in [6, 6.07) is 0.338. The summed E-state index contributed by atoms with van der Waals surface area (Å²) in [6.07, 6.45) is 1.58. The quantitative estimate of drug-likeness (QED) is 0.366. The first-order valence-corrected chi connectivity index (χ1v) is 6.26. The fourth-order valence-corrected chi connectivity index (χ4v) is 1.85. The van der Waals surface area contributed by atoms with Crippen molar-refractivity contribution in [3.63, 3.8) is 0 Å². The Balaban J connectivity index is 2.50. The Kier molecular flexibility index (Phi) is 6.40. The lowest BCUT2D eigenvalue weighted by Crippen LogP contribution is -2.38. The van der Waals surface area contributed by atoms with Crippen molar-refractivity contribution >= 4 is 5.91 Å². The molecule has 8 heteroatoms. The number of nitrogen functional groups attached to an aromatic ring is 1. The zero-order chi connectivity index (χ0) is 14.3. The fraction of sp³-hybridized carbons (Fsp3) is 0.727. The lowest BCUT2D eigenvalue weighted by Gasteiger charge is -2.26. The minimum atomic E-state index is -0.439. The number of amides is 1. The molecular formula is C11H22N6O2. The molecule has 0 saturated carbocycles. The smallest absolute Gasteiger partial charge is 0.287 e. The number of hydrazine groups is 1. The number of nitrogens with two attached hydrogens (primary N) is 1. The van der Waals surface area contributed by atoms with Crippen LogP contribution in [-0.2, 0) is 11.3 Å². The average molecular weight is 270 g/mol. The summed E-state index contributed by atoms with van der Waals surface area (Å²) in [7, 11) is 1.69. The van der Waals surface area contributed by atoms with Gasteiger partial charge in [-0.1, -0.05) is 12.1 Å². The number of nitrogens with zero attached hydrogens (tertiary/aromatic N) is 4. The molecule has 1 aromatic rings. The number of rotatable bonds is 8. The van der Waals surface area contributed by atoms with E-state index in [2.05, 4.69) is 29.1 Å². The van der Waals surface area contributed by atoms with Crippen molar-refractivity contribution in [2.75, 3.05) is 26.8 Å². The largest absolute Gasteiger partial charge is 0.383 e. The molecule has 1 unspecified atom stereocenters. The molecule has 0 bridgehead atoms. The maximum Gasteiger partial charge on any atom is 0.287 e. The van der Waals surface area contributed by atoms with Gasteiger partial charge in [0, 0.05) is 19.7 Å². The SMILES string of the molecule is CCN(CCn1cc(C(=O)NN)nn1)C(C)COC. The Bertz CT molecular complexity index is 394. The second-order valence-corrected chi connectivity index (χ2v) is 4.27. The number of hydrogen-bond acceptors (Lipinski definition) is 6. The van der Waals surface area contributed by atoms with Gasteiger partial charge < -0.3 is 4.74 Å². The summed E-state index contributed by atoms with van der Waals surface area (Å²) in [5.41, 5.74) is 2.24. The summed E-state index contributed by atoms with van der Waals surface area (Å²) in [5, 5.41) is 7.64. The van der Waals surface area contributed by atoms with Gasteiger partial charge in [-0.3, -0.25) is 19.8 Å². The van der Waals surface area contributed by atoms with E-state index in [1.807, 2.05) is 5.43 Å². The molecule has 0 aliphatic rings. The Hall–Kier alpha value is -1.51. The van der Waals surface area contributed by atoms with Crippen molar-refractivity contribution in [2.24, 2.45) is 5.84 Å². The monoisotopic (exact) mass is 270 g/mol.